The number of anilines is 1. The molecule has 0 saturated carbocycles. The molecule has 0 saturated heterocycles. The van der Waals surface area contributed by atoms with Gasteiger partial charge in [0.05, 0.1) is 10.5 Å². The predicted octanol–water partition coefficient (Wildman–Crippen LogP) is 8.41. The van der Waals surface area contributed by atoms with Crippen LogP contribution in [0, 0.1) is 0 Å². The van der Waals surface area contributed by atoms with Gasteiger partial charge in [-0.05, 0) is 74.9 Å². The molecule has 2 aromatic carbocycles. The van der Waals surface area contributed by atoms with Crippen LogP contribution in [0.3, 0.4) is 0 Å². The number of fused-ring (bicyclic) bond motifs is 3. The van der Waals surface area contributed by atoms with E-state index in [4.69, 9.17) is 16.6 Å². The van der Waals surface area contributed by atoms with Crippen LogP contribution in [0.4, 0.5) is 5.69 Å². The number of benzene rings is 2. The van der Waals surface area contributed by atoms with Gasteiger partial charge in [-0.2, -0.15) is 0 Å². The quantitative estimate of drug-likeness (QED) is 0.145. The maximum atomic E-state index is 10.5. The number of phenols is 1. The first kappa shape index (κ1) is 31.2. The van der Waals surface area contributed by atoms with E-state index in [1.165, 1.54) is 67.3 Å². The van der Waals surface area contributed by atoms with Crippen molar-refractivity contribution in [3.05, 3.63) is 70.5 Å². The number of aromatic nitrogens is 2. The van der Waals surface area contributed by atoms with E-state index >= 15 is 0 Å². The average molecular weight is 590 g/mol. The van der Waals surface area contributed by atoms with Gasteiger partial charge in [0.25, 0.3) is 0 Å². The third-order valence-electron chi connectivity index (χ3n) is 7.46. The first-order valence-corrected chi connectivity index (χ1v) is 14.2. The van der Waals surface area contributed by atoms with Crippen LogP contribution in [-0.2, 0) is 19.4 Å². The van der Waals surface area contributed by atoms with E-state index in [1.807, 2.05) is 18.2 Å². The summed E-state index contributed by atoms with van der Waals surface area (Å²) >= 11 is 6.37. The number of aryl methyl sites for hydroxylation is 1. The monoisotopic (exact) mass is 588 g/mol. The van der Waals surface area contributed by atoms with Gasteiger partial charge in [0.15, 0.2) is 0 Å². The molecule has 3 N–H and O–H groups in total. The van der Waals surface area contributed by atoms with Crippen molar-refractivity contribution in [3.8, 4) is 5.75 Å². The van der Waals surface area contributed by atoms with Crippen molar-refractivity contribution in [1.29, 1.82) is 0 Å². The number of para-hydroxylation sites is 1. The molecule has 0 atom stereocenters. The molecular formula is C31H39Cl3N4O. The molecule has 0 spiro atoms. The summed E-state index contributed by atoms with van der Waals surface area (Å²) in [7, 11) is 0. The Bertz CT molecular complexity index is 1360. The van der Waals surface area contributed by atoms with E-state index in [1.54, 1.807) is 6.20 Å². The van der Waals surface area contributed by atoms with Gasteiger partial charge < -0.3 is 15.7 Å². The number of pyridine rings is 2. The van der Waals surface area contributed by atoms with Gasteiger partial charge in [-0.3, -0.25) is 9.97 Å². The maximum absolute atomic E-state index is 10.5. The zero-order valence-electron chi connectivity index (χ0n) is 22.3. The smallest absolute Gasteiger partial charge is 0.146 e. The van der Waals surface area contributed by atoms with E-state index in [9.17, 15) is 5.11 Å². The van der Waals surface area contributed by atoms with E-state index in [2.05, 4.69) is 39.9 Å². The van der Waals surface area contributed by atoms with E-state index in [-0.39, 0.29) is 30.6 Å². The van der Waals surface area contributed by atoms with Gasteiger partial charge in [0.2, 0.25) is 0 Å². The molecule has 2 aromatic heterocycles. The minimum Gasteiger partial charge on any atom is -0.505 e. The predicted molar refractivity (Wildman–Crippen MR) is 169 cm³/mol. The highest BCUT2D eigenvalue weighted by Gasteiger charge is 2.17. The molecule has 0 bridgehead atoms. The summed E-state index contributed by atoms with van der Waals surface area (Å²) in [5, 5.41) is 20.4. The van der Waals surface area contributed by atoms with Crippen molar-refractivity contribution < 1.29 is 5.11 Å². The fraction of sp³-hybridized carbons (Fsp3) is 0.419. The Morgan fingerprint density at radius 1 is 0.846 bits per heavy atom. The molecule has 5 nitrogen and oxygen atoms in total. The number of phenolic OH excluding ortho intramolecular Hbond substituents is 1. The Morgan fingerprint density at radius 3 is 2.41 bits per heavy atom. The second kappa shape index (κ2) is 15.5. The molecule has 39 heavy (non-hydrogen) atoms. The fourth-order valence-electron chi connectivity index (χ4n) is 5.47. The summed E-state index contributed by atoms with van der Waals surface area (Å²) in [6.07, 6.45) is 13.8. The Hall–Kier alpha value is -2.31. The number of nitrogens with one attached hydrogen (secondary N) is 2. The summed E-state index contributed by atoms with van der Waals surface area (Å²) in [6.45, 7) is 2.55. The first-order valence-electron chi connectivity index (χ1n) is 13.8. The second-order valence-electron chi connectivity index (χ2n) is 10.1. The third-order valence-corrected chi connectivity index (χ3v) is 7.77. The van der Waals surface area contributed by atoms with Gasteiger partial charge >= 0.3 is 0 Å². The van der Waals surface area contributed by atoms with Crippen LogP contribution in [0.15, 0.2) is 48.7 Å². The molecule has 0 unspecified atom stereocenters. The number of rotatable bonds is 12. The van der Waals surface area contributed by atoms with Gasteiger partial charge in [-0.25, -0.2) is 0 Å². The lowest BCUT2D eigenvalue weighted by Gasteiger charge is -2.21. The number of halogens is 3. The van der Waals surface area contributed by atoms with Gasteiger partial charge in [0.1, 0.15) is 11.3 Å². The van der Waals surface area contributed by atoms with Gasteiger partial charge in [0, 0.05) is 47.0 Å². The third kappa shape index (κ3) is 7.67. The molecule has 2 heterocycles. The van der Waals surface area contributed by atoms with Crippen molar-refractivity contribution in [1.82, 2.24) is 15.3 Å². The van der Waals surface area contributed by atoms with E-state index in [0.717, 1.165) is 48.8 Å². The van der Waals surface area contributed by atoms with Crippen molar-refractivity contribution in [2.75, 3.05) is 18.4 Å². The molecule has 210 valence electrons. The van der Waals surface area contributed by atoms with Crippen LogP contribution in [0.5, 0.6) is 5.75 Å². The number of aromatic hydroxyl groups is 1. The van der Waals surface area contributed by atoms with Crippen LogP contribution in [0.2, 0.25) is 5.02 Å². The molecular weight excluding hydrogens is 551 g/mol. The molecule has 1 aliphatic carbocycles. The minimum atomic E-state index is 0. The van der Waals surface area contributed by atoms with Crippen LogP contribution in [0.25, 0.3) is 21.8 Å². The molecule has 0 fully saturated rings. The molecule has 8 heteroatoms. The van der Waals surface area contributed by atoms with Gasteiger partial charge in [-0.15, -0.1) is 24.8 Å². The fourth-order valence-corrected chi connectivity index (χ4v) is 5.75. The highest BCUT2D eigenvalue weighted by molar-refractivity contribution is 6.35. The van der Waals surface area contributed by atoms with Crippen LogP contribution < -0.4 is 10.6 Å². The Balaban J connectivity index is 0.00000210. The van der Waals surface area contributed by atoms with Crippen molar-refractivity contribution in [2.45, 2.75) is 70.8 Å². The Labute approximate surface area is 249 Å². The zero-order chi connectivity index (χ0) is 25.5. The Morgan fingerprint density at radius 2 is 1.56 bits per heavy atom. The second-order valence-corrected chi connectivity index (χ2v) is 10.5. The largest absolute Gasteiger partial charge is 0.505 e. The highest BCUT2D eigenvalue weighted by Crippen LogP contribution is 2.34. The van der Waals surface area contributed by atoms with Crippen molar-refractivity contribution >= 4 is 63.9 Å². The molecule has 0 radical (unpaired) electrons. The first-order chi connectivity index (χ1) is 18.2. The van der Waals surface area contributed by atoms with Crippen molar-refractivity contribution in [2.24, 2.45) is 0 Å². The Kier molecular flexibility index (Phi) is 12.4. The zero-order valence-corrected chi connectivity index (χ0v) is 24.7. The van der Waals surface area contributed by atoms with E-state index in [0.29, 0.717) is 17.1 Å². The normalized spacial score (nSPS) is 12.5. The summed E-state index contributed by atoms with van der Waals surface area (Å²) in [6, 6.07) is 14.1. The summed E-state index contributed by atoms with van der Waals surface area (Å²) in [5.41, 5.74) is 6.57. The molecule has 5 rings (SSSR count). The topological polar surface area (TPSA) is 70.1 Å². The lowest BCUT2D eigenvalue weighted by Crippen LogP contribution is -2.15. The molecule has 0 aliphatic heterocycles. The van der Waals surface area contributed by atoms with Crippen LogP contribution in [0.1, 0.15) is 68.2 Å². The lowest BCUT2D eigenvalue weighted by atomic mass is 9.92. The summed E-state index contributed by atoms with van der Waals surface area (Å²) in [5.74, 6) is 0.224. The van der Waals surface area contributed by atoms with Crippen molar-refractivity contribution in [3.63, 3.8) is 0 Å². The number of hydrogen-bond donors (Lipinski definition) is 3. The highest BCUT2D eigenvalue weighted by atomic mass is 35.5. The molecule has 0 amide bonds. The number of nitrogens with zero attached hydrogens (tertiary/aromatic N) is 2. The summed E-state index contributed by atoms with van der Waals surface area (Å²) in [4.78, 5) is 9.23. The molecule has 4 aromatic rings. The summed E-state index contributed by atoms with van der Waals surface area (Å²) < 4.78 is 0. The number of unbranched alkanes of at least 4 members (excludes halogenated alkanes) is 5. The lowest BCUT2D eigenvalue weighted by molar-refractivity contribution is 0.468. The van der Waals surface area contributed by atoms with Gasteiger partial charge in [-0.1, -0.05) is 55.5 Å². The number of hydrogen-bond acceptors (Lipinski definition) is 5. The average Bonchev–Trinajstić information content (AvgIpc) is 2.93. The van der Waals surface area contributed by atoms with Crippen LogP contribution in [-0.4, -0.2) is 28.2 Å². The standard InChI is InChI=1S/C31H37ClN4O.2ClH/c32-26-20-22(31(37)30-23(26)14-11-19-35-30)21-33-17-9-3-1-2-4-10-18-34-29-24-12-5-7-15-27(24)36-28-16-8-6-13-25(28)29;;/h5,7,11-12,14-15,19-20,33,37H,1-4,6,8-10,13,16-18,21H2,(H,34,36);2*1H. The maximum Gasteiger partial charge on any atom is 0.146 e. The SMILES string of the molecule is Cl.Cl.Oc1c(CNCCCCCCCCNc2c3c(nc4ccccc24)CCCC3)cc(Cl)c2cccnc12. The minimum absolute atomic E-state index is 0. The molecule has 1 aliphatic rings. The van der Waals surface area contributed by atoms with E-state index < -0.39 is 0 Å². The van der Waals surface area contributed by atoms with Crippen LogP contribution >= 0.6 is 36.4 Å².